The number of rotatable bonds is 4. The maximum atomic E-state index is 12.4. The van der Waals surface area contributed by atoms with E-state index in [1.165, 1.54) is 7.11 Å². The lowest BCUT2D eigenvalue weighted by Crippen LogP contribution is -2.60. The van der Waals surface area contributed by atoms with E-state index in [0.717, 1.165) is 30.4 Å². The summed E-state index contributed by atoms with van der Waals surface area (Å²) < 4.78 is 17.1. The predicted molar refractivity (Wildman–Crippen MR) is 125 cm³/mol. The average Bonchev–Trinajstić information content (AvgIpc) is 2.87. The van der Waals surface area contributed by atoms with Crippen molar-refractivity contribution in [3.05, 3.63) is 41.5 Å². The first-order valence-electron chi connectivity index (χ1n) is 11.8. The smallest absolute Gasteiger partial charge is 0.229 e. The summed E-state index contributed by atoms with van der Waals surface area (Å²) in [5.41, 5.74) is 2.72. The van der Waals surface area contributed by atoms with Crippen molar-refractivity contribution in [2.75, 3.05) is 13.7 Å². The highest BCUT2D eigenvalue weighted by molar-refractivity contribution is 5.80. The predicted octanol–water partition coefficient (Wildman–Crippen LogP) is 1.47. The number of aryl methyl sites for hydroxylation is 2. The Kier molecular flexibility index (Phi) is 7.93. The van der Waals surface area contributed by atoms with Crippen molar-refractivity contribution in [1.82, 2.24) is 0 Å². The number of hydrogen-bond donors (Lipinski definition) is 5. The molecular weight excluding hydrogens is 456 g/mol. The number of aromatic hydroxyl groups is 1. The van der Waals surface area contributed by atoms with Crippen LogP contribution in [0.5, 0.6) is 17.2 Å². The maximum absolute atomic E-state index is 12.4. The number of carbonyl (C=O) groups excluding carboxylic acids is 1. The number of Topliss-reactive ketones (excluding diaryl/α,β-unsaturated/α-hetero) is 1. The molecule has 0 unspecified atom stereocenters. The van der Waals surface area contributed by atoms with E-state index in [1.54, 1.807) is 18.2 Å². The van der Waals surface area contributed by atoms with Gasteiger partial charge in [0.1, 0.15) is 47.4 Å². The molecular formula is C26H32O9. The van der Waals surface area contributed by atoms with Crippen molar-refractivity contribution in [2.24, 2.45) is 0 Å². The lowest BCUT2D eigenvalue weighted by Gasteiger charge is -2.39. The monoisotopic (exact) mass is 488 g/mol. The minimum Gasteiger partial charge on any atom is -0.507 e. The summed E-state index contributed by atoms with van der Waals surface area (Å²) in [6.45, 7) is -0.587. The van der Waals surface area contributed by atoms with Crippen molar-refractivity contribution < 1.29 is 44.5 Å². The molecule has 4 rings (SSSR count). The molecule has 1 aliphatic carbocycles. The summed E-state index contributed by atoms with van der Waals surface area (Å²) in [6.07, 6.45) is -3.58. The second kappa shape index (κ2) is 10.9. The molecule has 190 valence electrons. The summed E-state index contributed by atoms with van der Waals surface area (Å²) in [5, 5.41) is 51.0. The molecule has 0 spiro atoms. The van der Waals surface area contributed by atoms with E-state index in [0.29, 0.717) is 36.1 Å². The van der Waals surface area contributed by atoms with Gasteiger partial charge in [-0.25, -0.2) is 0 Å². The highest BCUT2D eigenvalue weighted by atomic mass is 16.7. The molecule has 0 radical (unpaired) electrons. The molecule has 2 aliphatic rings. The SMILES string of the molecule is COc1cc(O[C@H]2O[C@H](CO)[C@@H](O)[C@H](O)[C@H]2O)c2cc1CCC(=O)CCCCc1ccc(O)c-2c1. The van der Waals surface area contributed by atoms with Gasteiger partial charge in [0.15, 0.2) is 0 Å². The topological polar surface area (TPSA) is 146 Å². The first-order valence-corrected chi connectivity index (χ1v) is 11.8. The van der Waals surface area contributed by atoms with Gasteiger partial charge in [-0.1, -0.05) is 6.07 Å². The van der Waals surface area contributed by atoms with E-state index in [2.05, 4.69) is 0 Å². The minimum atomic E-state index is -1.60. The van der Waals surface area contributed by atoms with Gasteiger partial charge in [0, 0.05) is 30.0 Å². The number of methoxy groups -OCH3 is 1. The Bertz CT molecular complexity index is 1050. The van der Waals surface area contributed by atoms with Crippen molar-refractivity contribution in [2.45, 2.75) is 69.2 Å². The Balaban J connectivity index is 1.80. The van der Waals surface area contributed by atoms with Crippen LogP contribution in [0.15, 0.2) is 30.3 Å². The van der Waals surface area contributed by atoms with Crippen LogP contribution in [0.4, 0.5) is 0 Å². The highest BCUT2D eigenvalue weighted by Crippen LogP contribution is 2.42. The summed E-state index contributed by atoms with van der Waals surface area (Å²) >= 11 is 0. The third-order valence-electron chi connectivity index (χ3n) is 6.67. The molecule has 1 heterocycles. The first kappa shape index (κ1) is 25.4. The maximum Gasteiger partial charge on any atom is 0.229 e. The third-order valence-corrected chi connectivity index (χ3v) is 6.67. The van der Waals surface area contributed by atoms with Gasteiger partial charge in [-0.3, -0.25) is 4.79 Å². The number of fused-ring (bicyclic) bond motifs is 5. The summed E-state index contributed by atoms with van der Waals surface area (Å²) in [4.78, 5) is 12.4. The zero-order chi connectivity index (χ0) is 25.1. The van der Waals surface area contributed by atoms with Crippen LogP contribution in [-0.2, 0) is 22.4 Å². The standard InChI is InChI=1S/C26H32O9/c1-33-20-12-21(34-26-25(32)24(31)23(30)22(13-27)35-26)18-11-15(20)7-8-16(28)5-3-2-4-14-6-9-19(29)17(18)10-14/h6,9-12,22-27,29-32H,2-5,7-8,13H2,1H3/t22-,23-,24+,25-,26+/m1/s1. The van der Waals surface area contributed by atoms with Crippen LogP contribution in [0.1, 0.15) is 36.8 Å². The van der Waals surface area contributed by atoms with Gasteiger partial charge in [0.2, 0.25) is 6.29 Å². The van der Waals surface area contributed by atoms with Gasteiger partial charge in [-0.15, -0.1) is 0 Å². The summed E-state index contributed by atoms with van der Waals surface area (Å²) in [6, 6.07) is 8.67. The Morgan fingerprint density at radius 1 is 0.914 bits per heavy atom. The van der Waals surface area contributed by atoms with Gasteiger partial charge in [0.25, 0.3) is 0 Å². The molecule has 0 saturated carbocycles. The van der Waals surface area contributed by atoms with Crippen LogP contribution in [0.2, 0.25) is 0 Å². The van der Waals surface area contributed by atoms with Crippen LogP contribution >= 0.6 is 0 Å². The molecule has 9 heteroatoms. The second-order valence-corrected chi connectivity index (χ2v) is 9.07. The molecule has 5 N–H and O–H groups in total. The first-order chi connectivity index (χ1) is 16.8. The van der Waals surface area contributed by atoms with Crippen molar-refractivity contribution in [1.29, 1.82) is 0 Å². The normalized spacial score (nSPS) is 27.3. The Labute approximate surface area is 203 Å². The van der Waals surface area contributed by atoms with Crippen LogP contribution in [-0.4, -0.2) is 75.7 Å². The molecule has 0 aromatic heterocycles. The summed E-state index contributed by atoms with van der Waals surface area (Å²) in [7, 11) is 1.49. The number of benzene rings is 2. The average molecular weight is 489 g/mol. The number of aliphatic hydroxyl groups is 4. The fraction of sp³-hybridized carbons (Fsp3) is 0.500. The lowest BCUT2D eigenvalue weighted by atomic mass is 9.95. The highest BCUT2D eigenvalue weighted by Gasteiger charge is 2.45. The van der Waals surface area contributed by atoms with Crippen molar-refractivity contribution in [3.8, 4) is 28.4 Å². The van der Waals surface area contributed by atoms with Gasteiger partial charge >= 0.3 is 0 Å². The molecule has 1 fully saturated rings. The number of phenolic OH excluding ortho intramolecular Hbond substituents is 1. The molecule has 1 saturated heterocycles. The van der Waals surface area contributed by atoms with Crippen molar-refractivity contribution >= 4 is 5.78 Å². The van der Waals surface area contributed by atoms with Gasteiger partial charge in [-0.2, -0.15) is 0 Å². The van der Waals surface area contributed by atoms with Gasteiger partial charge < -0.3 is 39.7 Å². The quantitative estimate of drug-likeness (QED) is 0.432. The molecule has 35 heavy (non-hydrogen) atoms. The molecule has 0 amide bonds. The molecule has 9 nitrogen and oxygen atoms in total. The Morgan fingerprint density at radius 2 is 1.69 bits per heavy atom. The van der Waals surface area contributed by atoms with E-state index < -0.39 is 37.3 Å². The zero-order valence-electron chi connectivity index (χ0n) is 19.6. The van der Waals surface area contributed by atoms with Crippen molar-refractivity contribution in [3.63, 3.8) is 0 Å². The minimum absolute atomic E-state index is 0.0227. The van der Waals surface area contributed by atoms with Crippen LogP contribution in [0, 0.1) is 0 Å². The zero-order valence-corrected chi connectivity index (χ0v) is 19.6. The number of ketones is 1. The summed E-state index contributed by atoms with van der Waals surface area (Å²) in [5.74, 6) is 0.841. The largest absolute Gasteiger partial charge is 0.507 e. The Hall–Kier alpha value is -2.69. The number of phenols is 1. The van der Waals surface area contributed by atoms with E-state index in [4.69, 9.17) is 14.2 Å². The number of hydrogen-bond acceptors (Lipinski definition) is 9. The van der Waals surface area contributed by atoms with E-state index in [-0.39, 0.29) is 17.3 Å². The lowest BCUT2D eigenvalue weighted by molar-refractivity contribution is -0.277. The molecule has 1 aliphatic heterocycles. The van der Waals surface area contributed by atoms with Crippen LogP contribution < -0.4 is 9.47 Å². The van der Waals surface area contributed by atoms with E-state index in [9.17, 15) is 30.3 Å². The second-order valence-electron chi connectivity index (χ2n) is 9.07. The van der Waals surface area contributed by atoms with Crippen LogP contribution in [0.3, 0.4) is 0 Å². The van der Waals surface area contributed by atoms with Gasteiger partial charge in [0.05, 0.1) is 13.7 Å². The van der Waals surface area contributed by atoms with Gasteiger partial charge in [-0.05, 0) is 55.0 Å². The third kappa shape index (κ3) is 5.44. The molecule has 4 bridgehead atoms. The molecule has 2 aromatic rings. The number of aliphatic hydroxyl groups excluding tert-OH is 4. The van der Waals surface area contributed by atoms with Crippen LogP contribution in [0.25, 0.3) is 11.1 Å². The molecule has 5 atom stereocenters. The fourth-order valence-corrected chi connectivity index (χ4v) is 4.59. The van der Waals surface area contributed by atoms with E-state index in [1.807, 2.05) is 12.1 Å². The fourth-order valence-electron chi connectivity index (χ4n) is 4.59. The number of ether oxygens (including phenoxy) is 3. The van der Waals surface area contributed by atoms with E-state index >= 15 is 0 Å². The Morgan fingerprint density at radius 3 is 2.43 bits per heavy atom. The molecule has 2 aromatic carbocycles. The number of carbonyl (C=O) groups is 1.